The second-order valence-electron chi connectivity index (χ2n) is 6.31. The molecule has 0 amide bonds. The first-order chi connectivity index (χ1) is 10.5. The zero-order valence-corrected chi connectivity index (χ0v) is 13.9. The lowest BCUT2D eigenvalue weighted by Gasteiger charge is -2.25. The standard InChI is InChI=1S/C20H24N2/c1-15(2)16(3)14-22(4)19-11-9-17(10-12-19)20-8-6-5-7-18(20)13-21/h5-12,15-16H,14H2,1-4H3. The maximum absolute atomic E-state index is 9.22. The van der Waals surface area contributed by atoms with Crippen LogP contribution in [-0.4, -0.2) is 13.6 Å². The molecular weight excluding hydrogens is 268 g/mol. The van der Waals surface area contributed by atoms with Crippen molar-refractivity contribution in [1.82, 2.24) is 0 Å². The molecule has 0 spiro atoms. The summed E-state index contributed by atoms with van der Waals surface area (Å²) in [7, 11) is 2.14. The highest BCUT2D eigenvalue weighted by Crippen LogP contribution is 2.26. The van der Waals surface area contributed by atoms with Crippen molar-refractivity contribution in [3.8, 4) is 17.2 Å². The molecule has 114 valence electrons. The molecule has 0 aliphatic rings. The average Bonchev–Trinajstić information content (AvgIpc) is 2.54. The number of nitriles is 1. The van der Waals surface area contributed by atoms with Crippen LogP contribution in [0.3, 0.4) is 0 Å². The molecule has 0 heterocycles. The van der Waals surface area contributed by atoms with E-state index < -0.39 is 0 Å². The second kappa shape index (κ2) is 7.13. The summed E-state index contributed by atoms with van der Waals surface area (Å²) in [5.41, 5.74) is 4.02. The number of benzene rings is 2. The lowest BCUT2D eigenvalue weighted by atomic mass is 9.97. The van der Waals surface area contributed by atoms with Crippen molar-refractivity contribution in [2.45, 2.75) is 20.8 Å². The molecule has 1 unspecified atom stereocenters. The van der Waals surface area contributed by atoms with Gasteiger partial charge in [0.05, 0.1) is 11.6 Å². The fourth-order valence-electron chi connectivity index (χ4n) is 2.48. The first kappa shape index (κ1) is 16.1. The van der Waals surface area contributed by atoms with Gasteiger partial charge in [0.15, 0.2) is 0 Å². The summed E-state index contributed by atoms with van der Waals surface area (Å²) >= 11 is 0. The first-order valence-corrected chi connectivity index (χ1v) is 7.83. The van der Waals surface area contributed by atoms with E-state index in [-0.39, 0.29) is 0 Å². The van der Waals surface area contributed by atoms with Crippen LogP contribution in [-0.2, 0) is 0 Å². The van der Waals surface area contributed by atoms with Crippen LogP contribution in [0.5, 0.6) is 0 Å². The Morgan fingerprint density at radius 2 is 1.64 bits per heavy atom. The molecule has 0 radical (unpaired) electrons. The topological polar surface area (TPSA) is 27.0 Å². The zero-order chi connectivity index (χ0) is 16.1. The third kappa shape index (κ3) is 3.68. The van der Waals surface area contributed by atoms with E-state index in [2.05, 4.69) is 63.1 Å². The molecule has 2 aromatic carbocycles. The van der Waals surface area contributed by atoms with Gasteiger partial charge in [0.25, 0.3) is 0 Å². The van der Waals surface area contributed by atoms with E-state index in [1.807, 2.05) is 24.3 Å². The van der Waals surface area contributed by atoms with Gasteiger partial charge in [-0.15, -0.1) is 0 Å². The van der Waals surface area contributed by atoms with E-state index in [1.165, 1.54) is 5.69 Å². The Hall–Kier alpha value is -2.27. The van der Waals surface area contributed by atoms with Gasteiger partial charge in [0.2, 0.25) is 0 Å². The van der Waals surface area contributed by atoms with Crippen molar-refractivity contribution >= 4 is 5.69 Å². The monoisotopic (exact) mass is 292 g/mol. The maximum Gasteiger partial charge on any atom is 0.0998 e. The number of rotatable bonds is 5. The summed E-state index contributed by atoms with van der Waals surface area (Å²) in [5, 5.41) is 9.22. The zero-order valence-electron chi connectivity index (χ0n) is 13.9. The number of nitrogens with zero attached hydrogens (tertiary/aromatic N) is 2. The minimum Gasteiger partial charge on any atom is -0.374 e. The quantitative estimate of drug-likeness (QED) is 0.779. The summed E-state index contributed by atoms with van der Waals surface area (Å²) in [6.45, 7) is 7.87. The third-order valence-electron chi connectivity index (χ3n) is 4.37. The molecule has 2 aromatic rings. The van der Waals surface area contributed by atoms with Crippen LogP contribution >= 0.6 is 0 Å². The molecule has 22 heavy (non-hydrogen) atoms. The SMILES string of the molecule is CC(C)C(C)CN(C)c1ccc(-c2ccccc2C#N)cc1. The molecule has 0 bridgehead atoms. The van der Waals surface area contributed by atoms with Gasteiger partial charge in [0, 0.05) is 19.3 Å². The van der Waals surface area contributed by atoms with Crippen molar-refractivity contribution in [3.63, 3.8) is 0 Å². The normalized spacial score (nSPS) is 12.0. The lowest BCUT2D eigenvalue weighted by Crippen LogP contribution is -2.26. The molecule has 2 heteroatoms. The van der Waals surface area contributed by atoms with Crippen molar-refractivity contribution in [1.29, 1.82) is 5.26 Å². The molecule has 2 nitrogen and oxygen atoms in total. The minimum absolute atomic E-state index is 0.656. The van der Waals surface area contributed by atoms with Crippen LogP contribution in [0, 0.1) is 23.2 Å². The fourth-order valence-corrected chi connectivity index (χ4v) is 2.48. The van der Waals surface area contributed by atoms with Crippen LogP contribution in [0.4, 0.5) is 5.69 Å². The average molecular weight is 292 g/mol. The van der Waals surface area contributed by atoms with Gasteiger partial charge < -0.3 is 4.90 Å². The van der Waals surface area contributed by atoms with E-state index in [1.54, 1.807) is 0 Å². The van der Waals surface area contributed by atoms with Crippen LogP contribution in [0.15, 0.2) is 48.5 Å². The molecule has 0 saturated carbocycles. The van der Waals surface area contributed by atoms with Gasteiger partial charge in [-0.25, -0.2) is 0 Å². The van der Waals surface area contributed by atoms with Crippen LogP contribution in [0.25, 0.3) is 11.1 Å². The predicted molar refractivity (Wildman–Crippen MR) is 93.9 cm³/mol. The molecule has 2 rings (SSSR count). The van der Waals surface area contributed by atoms with Gasteiger partial charge >= 0.3 is 0 Å². The predicted octanol–water partition coefficient (Wildman–Crippen LogP) is 4.95. The Kier molecular flexibility index (Phi) is 5.22. The number of anilines is 1. The van der Waals surface area contributed by atoms with E-state index in [9.17, 15) is 5.26 Å². The number of hydrogen-bond acceptors (Lipinski definition) is 2. The Morgan fingerprint density at radius 1 is 1.00 bits per heavy atom. The largest absolute Gasteiger partial charge is 0.374 e. The molecule has 0 aromatic heterocycles. The molecule has 1 atom stereocenters. The Bertz CT molecular complexity index is 650. The van der Waals surface area contributed by atoms with Crippen LogP contribution in [0.2, 0.25) is 0 Å². The Labute approximate surface area is 134 Å². The van der Waals surface area contributed by atoms with Crippen molar-refractivity contribution in [2.24, 2.45) is 11.8 Å². The van der Waals surface area contributed by atoms with E-state index >= 15 is 0 Å². The molecule has 0 aliphatic carbocycles. The van der Waals surface area contributed by atoms with Gasteiger partial charge in [0.1, 0.15) is 0 Å². The molecular formula is C20H24N2. The molecule has 0 N–H and O–H groups in total. The van der Waals surface area contributed by atoms with Crippen LogP contribution in [0.1, 0.15) is 26.3 Å². The van der Waals surface area contributed by atoms with E-state index in [4.69, 9.17) is 0 Å². The van der Waals surface area contributed by atoms with Crippen molar-refractivity contribution < 1.29 is 0 Å². The second-order valence-corrected chi connectivity index (χ2v) is 6.31. The lowest BCUT2D eigenvalue weighted by molar-refractivity contribution is 0.423. The Morgan fingerprint density at radius 3 is 2.23 bits per heavy atom. The van der Waals surface area contributed by atoms with E-state index in [0.717, 1.165) is 23.2 Å². The first-order valence-electron chi connectivity index (χ1n) is 7.83. The fraction of sp³-hybridized carbons (Fsp3) is 0.350. The minimum atomic E-state index is 0.656. The van der Waals surface area contributed by atoms with Gasteiger partial charge in [-0.05, 0) is 41.2 Å². The third-order valence-corrected chi connectivity index (χ3v) is 4.37. The van der Waals surface area contributed by atoms with E-state index in [0.29, 0.717) is 11.8 Å². The van der Waals surface area contributed by atoms with Crippen molar-refractivity contribution in [3.05, 3.63) is 54.1 Å². The van der Waals surface area contributed by atoms with Crippen molar-refractivity contribution in [2.75, 3.05) is 18.5 Å². The Balaban J connectivity index is 2.19. The summed E-state index contributed by atoms with van der Waals surface area (Å²) in [6, 6.07) is 18.5. The molecule has 0 aliphatic heterocycles. The van der Waals surface area contributed by atoms with Crippen LogP contribution < -0.4 is 4.90 Å². The highest BCUT2D eigenvalue weighted by Gasteiger charge is 2.11. The summed E-state index contributed by atoms with van der Waals surface area (Å²) < 4.78 is 0. The molecule has 0 saturated heterocycles. The summed E-state index contributed by atoms with van der Waals surface area (Å²) in [6.07, 6.45) is 0. The van der Waals surface area contributed by atoms with Gasteiger partial charge in [-0.2, -0.15) is 5.26 Å². The summed E-state index contributed by atoms with van der Waals surface area (Å²) in [5.74, 6) is 1.34. The highest BCUT2D eigenvalue weighted by molar-refractivity contribution is 5.72. The van der Waals surface area contributed by atoms with Gasteiger partial charge in [-0.3, -0.25) is 0 Å². The summed E-state index contributed by atoms with van der Waals surface area (Å²) in [4.78, 5) is 2.30. The smallest absolute Gasteiger partial charge is 0.0998 e. The van der Waals surface area contributed by atoms with Gasteiger partial charge in [-0.1, -0.05) is 51.1 Å². The number of hydrogen-bond donors (Lipinski definition) is 0. The maximum atomic E-state index is 9.22. The molecule has 0 fully saturated rings. The highest BCUT2D eigenvalue weighted by atomic mass is 15.1.